The first-order valence-electron chi connectivity index (χ1n) is 8.22. The standard InChI is InChI=1S/C17H25N5O/c1-20(2)16-6-5-14(13-18-16)19-17(23)22-11-7-15(8-12-22)21-9-3-4-10-21/h3-6,13,15H,7-12H2,1-2H3,(H,19,23). The first kappa shape index (κ1) is 15.8. The number of amides is 2. The van der Waals surface area contributed by atoms with Gasteiger partial charge >= 0.3 is 6.03 Å². The van der Waals surface area contributed by atoms with E-state index in [-0.39, 0.29) is 6.03 Å². The molecule has 6 nitrogen and oxygen atoms in total. The number of nitrogens with one attached hydrogen (secondary N) is 1. The van der Waals surface area contributed by atoms with Gasteiger partial charge in [0.15, 0.2) is 0 Å². The SMILES string of the molecule is CN(C)c1ccc(NC(=O)N2CCC(N3CC=CC3)CC2)cn1. The molecule has 1 aromatic heterocycles. The monoisotopic (exact) mass is 315 g/mol. The van der Waals surface area contributed by atoms with Crippen molar-refractivity contribution >= 4 is 17.5 Å². The summed E-state index contributed by atoms with van der Waals surface area (Å²) in [6, 6.07) is 4.38. The van der Waals surface area contributed by atoms with E-state index in [0.717, 1.165) is 50.5 Å². The van der Waals surface area contributed by atoms with Gasteiger partial charge in [-0.25, -0.2) is 9.78 Å². The normalized spacial score (nSPS) is 19.1. The van der Waals surface area contributed by atoms with E-state index in [4.69, 9.17) is 0 Å². The first-order chi connectivity index (χ1) is 11.1. The second-order valence-electron chi connectivity index (χ2n) is 6.37. The second-order valence-corrected chi connectivity index (χ2v) is 6.37. The maximum Gasteiger partial charge on any atom is 0.321 e. The number of pyridine rings is 1. The van der Waals surface area contributed by atoms with Crippen molar-refractivity contribution in [3.63, 3.8) is 0 Å². The number of aromatic nitrogens is 1. The maximum absolute atomic E-state index is 12.4. The Morgan fingerprint density at radius 2 is 1.91 bits per heavy atom. The largest absolute Gasteiger partial charge is 0.363 e. The van der Waals surface area contributed by atoms with E-state index in [9.17, 15) is 4.79 Å². The highest BCUT2D eigenvalue weighted by molar-refractivity contribution is 5.89. The number of likely N-dealkylation sites (tertiary alicyclic amines) is 1. The van der Waals surface area contributed by atoms with E-state index in [1.54, 1.807) is 6.20 Å². The zero-order valence-corrected chi connectivity index (χ0v) is 13.9. The van der Waals surface area contributed by atoms with E-state index in [0.29, 0.717) is 6.04 Å². The minimum absolute atomic E-state index is 0.0256. The molecule has 0 spiro atoms. The van der Waals surface area contributed by atoms with Crippen LogP contribution >= 0.6 is 0 Å². The number of nitrogens with zero attached hydrogens (tertiary/aromatic N) is 4. The molecular formula is C17H25N5O. The molecule has 2 amide bonds. The molecule has 1 saturated heterocycles. The van der Waals surface area contributed by atoms with Crippen LogP contribution in [0.15, 0.2) is 30.5 Å². The molecule has 0 aromatic carbocycles. The first-order valence-corrected chi connectivity index (χ1v) is 8.22. The van der Waals surface area contributed by atoms with Crippen molar-refractivity contribution in [1.29, 1.82) is 0 Å². The molecule has 1 N–H and O–H groups in total. The summed E-state index contributed by atoms with van der Waals surface area (Å²) in [5.41, 5.74) is 0.742. The Hall–Kier alpha value is -2.08. The molecule has 0 aliphatic carbocycles. The molecule has 0 saturated carbocycles. The zero-order chi connectivity index (χ0) is 16.2. The lowest BCUT2D eigenvalue weighted by Gasteiger charge is -2.36. The predicted molar refractivity (Wildman–Crippen MR) is 92.9 cm³/mol. The summed E-state index contributed by atoms with van der Waals surface area (Å²) in [6.45, 7) is 3.74. The number of urea groups is 1. The molecule has 1 fully saturated rings. The third-order valence-corrected chi connectivity index (χ3v) is 4.57. The van der Waals surface area contributed by atoms with Crippen LogP contribution in [0.25, 0.3) is 0 Å². The molecular weight excluding hydrogens is 290 g/mol. The lowest BCUT2D eigenvalue weighted by Crippen LogP contribution is -2.47. The Labute approximate surface area is 137 Å². The van der Waals surface area contributed by atoms with Crippen molar-refractivity contribution in [2.24, 2.45) is 0 Å². The van der Waals surface area contributed by atoms with Gasteiger partial charge in [0.1, 0.15) is 5.82 Å². The van der Waals surface area contributed by atoms with Gasteiger partial charge in [0.05, 0.1) is 11.9 Å². The number of hydrogen-bond donors (Lipinski definition) is 1. The van der Waals surface area contributed by atoms with Crippen molar-refractivity contribution in [1.82, 2.24) is 14.8 Å². The molecule has 0 unspecified atom stereocenters. The van der Waals surface area contributed by atoms with Gasteiger partial charge in [0.25, 0.3) is 0 Å². The molecule has 1 aromatic rings. The fraction of sp³-hybridized carbons (Fsp3) is 0.529. The van der Waals surface area contributed by atoms with Gasteiger partial charge in [-0.1, -0.05) is 12.2 Å². The third-order valence-electron chi connectivity index (χ3n) is 4.57. The van der Waals surface area contributed by atoms with Gasteiger partial charge < -0.3 is 15.1 Å². The fourth-order valence-electron chi connectivity index (χ4n) is 3.15. The molecule has 3 heterocycles. The van der Waals surface area contributed by atoms with E-state index in [2.05, 4.69) is 27.4 Å². The molecule has 2 aliphatic heterocycles. The molecule has 0 atom stereocenters. The van der Waals surface area contributed by atoms with Crippen molar-refractivity contribution in [3.05, 3.63) is 30.5 Å². The molecule has 124 valence electrons. The number of piperidine rings is 1. The van der Waals surface area contributed by atoms with Gasteiger partial charge in [0, 0.05) is 46.3 Å². The van der Waals surface area contributed by atoms with Crippen LogP contribution in [0.4, 0.5) is 16.3 Å². The van der Waals surface area contributed by atoms with Crippen molar-refractivity contribution in [2.45, 2.75) is 18.9 Å². The molecule has 23 heavy (non-hydrogen) atoms. The minimum atomic E-state index is -0.0256. The fourth-order valence-corrected chi connectivity index (χ4v) is 3.15. The van der Waals surface area contributed by atoms with Crippen LogP contribution in [-0.4, -0.2) is 67.1 Å². The van der Waals surface area contributed by atoms with E-state index < -0.39 is 0 Å². The number of carbonyl (C=O) groups excluding carboxylic acids is 1. The highest BCUT2D eigenvalue weighted by Crippen LogP contribution is 2.19. The zero-order valence-electron chi connectivity index (χ0n) is 13.9. The second kappa shape index (κ2) is 7.00. The van der Waals surface area contributed by atoms with Crippen LogP contribution in [0.5, 0.6) is 0 Å². The smallest absolute Gasteiger partial charge is 0.321 e. The summed E-state index contributed by atoms with van der Waals surface area (Å²) < 4.78 is 0. The number of carbonyl (C=O) groups is 1. The Bertz CT molecular complexity index is 553. The predicted octanol–water partition coefficient (Wildman–Crippen LogP) is 2.02. The van der Waals surface area contributed by atoms with E-state index in [1.807, 2.05) is 36.0 Å². The molecule has 2 aliphatic rings. The number of anilines is 2. The quantitative estimate of drug-likeness (QED) is 0.867. The van der Waals surface area contributed by atoms with Gasteiger partial charge in [-0.2, -0.15) is 0 Å². The van der Waals surface area contributed by atoms with Gasteiger partial charge in [-0.3, -0.25) is 4.90 Å². The Morgan fingerprint density at radius 3 is 2.48 bits per heavy atom. The molecule has 6 heteroatoms. The van der Waals surface area contributed by atoms with E-state index in [1.165, 1.54) is 0 Å². The third kappa shape index (κ3) is 3.82. The van der Waals surface area contributed by atoms with Crippen LogP contribution in [0.1, 0.15) is 12.8 Å². The Balaban J connectivity index is 1.49. The summed E-state index contributed by atoms with van der Waals surface area (Å²) in [6.07, 6.45) is 8.25. The average Bonchev–Trinajstić information content (AvgIpc) is 3.10. The molecule has 0 bridgehead atoms. The maximum atomic E-state index is 12.4. The van der Waals surface area contributed by atoms with Crippen LogP contribution in [0.3, 0.4) is 0 Å². The van der Waals surface area contributed by atoms with Gasteiger partial charge in [0.2, 0.25) is 0 Å². The van der Waals surface area contributed by atoms with Gasteiger partial charge in [-0.05, 0) is 25.0 Å². The highest BCUT2D eigenvalue weighted by Gasteiger charge is 2.27. The Kier molecular flexibility index (Phi) is 4.81. The minimum Gasteiger partial charge on any atom is -0.363 e. The lowest BCUT2D eigenvalue weighted by molar-refractivity contribution is 0.144. The average molecular weight is 315 g/mol. The van der Waals surface area contributed by atoms with Crippen molar-refractivity contribution < 1.29 is 4.79 Å². The molecule has 3 rings (SSSR count). The summed E-state index contributed by atoms with van der Waals surface area (Å²) in [5.74, 6) is 0.878. The van der Waals surface area contributed by atoms with Crippen molar-refractivity contribution in [3.8, 4) is 0 Å². The summed E-state index contributed by atoms with van der Waals surface area (Å²) in [5, 5.41) is 2.94. The topological polar surface area (TPSA) is 51.7 Å². The summed E-state index contributed by atoms with van der Waals surface area (Å²) >= 11 is 0. The van der Waals surface area contributed by atoms with Gasteiger partial charge in [-0.15, -0.1) is 0 Å². The lowest BCUT2D eigenvalue weighted by atomic mass is 10.0. The summed E-state index contributed by atoms with van der Waals surface area (Å²) in [7, 11) is 3.89. The highest BCUT2D eigenvalue weighted by atomic mass is 16.2. The van der Waals surface area contributed by atoms with Crippen LogP contribution in [-0.2, 0) is 0 Å². The Morgan fingerprint density at radius 1 is 1.22 bits per heavy atom. The number of rotatable bonds is 3. The van der Waals surface area contributed by atoms with Crippen molar-refractivity contribution in [2.75, 3.05) is 50.5 Å². The van der Waals surface area contributed by atoms with E-state index >= 15 is 0 Å². The summed E-state index contributed by atoms with van der Waals surface area (Å²) in [4.78, 5) is 23.0. The molecule has 0 radical (unpaired) electrons. The van der Waals surface area contributed by atoms with Crippen LogP contribution < -0.4 is 10.2 Å². The number of hydrogen-bond acceptors (Lipinski definition) is 4. The van der Waals surface area contributed by atoms with Crippen LogP contribution in [0.2, 0.25) is 0 Å². The van der Waals surface area contributed by atoms with Crippen LogP contribution in [0, 0.1) is 0 Å².